The molecular weight excluding hydrogens is 400 g/mol. The van der Waals surface area contributed by atoms with E-state index in [2.05, 4.69) is 31.1 Å². The fraction of sp³-hybridized carbons (Fsp3) is 0.300. The van der Waals surface area contributed by atoms with Gasteiger partial charge in [-0.25, -0.2) is 13.0 Å². The van der Waals surface area contributed by atoms with Gasteiger partial charge in [0, 0.05) is 37.0 Å². The van der Waals surface area contributed by atoms with E-state index in [0.717, 1.165) is 30.4 Å². The number of nitrogens with one attached hydrogen (secondary N) is 1. The Bertz CT molecular complexity index is 918. The van der Waals surface area contributed by atoms with Crippen molar-refractivity contribution >= 4 is 28.9 Å². The molecule has 1 heterocycles. The third kappa shape index (κ3) is 6.16. The summed E-state index contributed by atoms with van der Waals surface area (Å²) in [4.78, 5) is 16.3. The Balaban J connectivity index is 2.00. The van der Waals surface area contributed by atoms with E-state index in [4.69, 9.17) is 4.55 Å². The van der Waals surface area contributed by atoms with Crippen LogP contribution in [0.5, 0.6) is 0 Å². The van der Waals surface area contributed by atoms with Gasteiger partial charge in [0.25, 0.3) is 11.3 Å². The normalized spacial score (nSPS) is 12.8. The molecule has 1 atom stereocenters. The third-order valence-electron chi connectivity index (χ3n) is 4.07. The summed E-state index contributed by atoms with van der Waals surface area (Å²) in [5, 5.41) is 2.53. The average molecular weight is 423 g/mol. The predicted molar refractivity (Wildman–Crippen MR) is 109 cm³/mol. The van der Waals surface area contributed by atoms with Gasteiger partial charge in [0.1, 0.15) is 5.69 Å². The lowest BCUT2D eigenvalue weighted by atomic mass is 9.91. The maximum absolute atomic E-state index is 14.1. The Kier molecular flexibility index (Phi) is 7.21. The van der Waals surface area contributed by atoms with Crippen molar-refractivity contribution < 1.29 is 22.3 Å². The molecule has 6 nitrogen and oxygen atoms in total. The van der Waals surface area contributed by atoms with E-state index in [1.807, 2.05) is 12.1 Å². The van der Waals surface area contributed by atoms with E-state index in [0.29, 0.717) is 4.31 Å². The second kappa shape index (κ2) is 9.23. The first-order valence-electron chi connectivity index (χ1n) is 8.74. The first-order chi connectivity index (χ1) is 13.5. The first-order valence-corrected chi connectivity index (χ1v) is 9.80. The Morgan fingerprint density at radius 1 is 1.28 bits per heavy atom. The second-order valence-corrected chi connectivity index (χ2v) is 8.42. The van der Waals surface area contributed by atoms with Crippen LogP contribution in [0.2, 0.25) is 0 Å². The summed E-state index contributed by atoms with van der Waals surface area (Å²) in [5.41, 5.74) is 1.17. The van der Waals surface area contributed by atoms with E-state index in [9.17, 15) is 17.8 Å². The van der Waals surface area contributed by atoms with Crippen LogP contribution >= 0.6 is 0 Å². The summed E-state index contributed by atoms with van der Waals surface area (Å²) in [7, 11) is 1.09. The number of aromatic nitrogens is 1. The Hall–Kier alpha value is -2.65. The van der Waals surface area contributed by atoms with Gasteiger partial charge >= 0.3 is 0 Å². The number of hydrogen-bond donors (Lipinski definition) is 2. The number of nitrogens with zero attached hydrogens (tertiary/aromatic N) is 2. The molecule has 2 aromatic rings. The van der Waals surface area contributed by atoms with Crippen LogP contribution in [-0.4, -0.2) is 26.7 Å². The Labute approximate surface area is 171 Å². The van der Waals surface area contributed by atoms with Crippen molar-refractivity contribution in [1.82, 2.24) is 10.3 Å². The molecule has 0 saturated heterocycles. The molecule has 1 unspecified atom stereocenters. The number of carbonyl (C=O) groups is 1. The average Bonchev–Trinajstić information content (AvgIpc) is 2.63. The summed E-state index contributed by atoms with van der Waals surface area (Å²) in [6.07, 6.45) is 4.55. The van der Waals surface area contributed by atoms with E-state index in [1.165, 1.54) is 6.08 Å². The molecule has 0 aliphatic rings. The maximum Gasteiger partial charge on any atom is 0.261 e. The van der Waals surface area contributed by atoms with Crippen molar-refractivity contribution in [1.29, 1.82) is 0 Å². The van der Waals surface area contributed by atoms with Gasteiger partial charge in [0.15, 0.2) is 11.6 Å². The fourth-order valence-corrected chi connectivity index (χ4v) is 2.80. The molecule has 0 fully saturated rings. The largest absolute Gasteiger partial charge is 0.348 e. The number of hydrogen-bond acceptors (Lipinski definition) is 3. The van der Waals surface area contributed by atoms with E-state index in [-0.39, 0.29) is 17.5 Å². The zero-order chi connectivity index (χ0) is 21.8. The minimum atomic E-state index is -2.56. The summed E-state index contributed by atoms with van der Waals surface area (Å²) in [6, 6.07) is 5.74. The maximum atomic E-state index is 14.1. The third-order valence-corrected chi connectivity index (χ3v) is 4.73. The van der Waals surface area contributed by atoms with Crippen LogP contribution in [0.3, 0.4) is 0 Å². The van der Waals surface area contributed by atoms with Gasteiger partial charge in [-0.15, -0.1) is 0 Å². The van der Waals surface area contributed by atoms with Crippen LogP contribution in [0, 0.1) is 11.6 Å². The van der Waals surface area contributed by atoms with Gasteiger partial charge < -0.3 is 5.32 Å². The van der Waals surface area contributed by atoms with Crippen LogP contribution in [0.25, 0.3) is 6.08 Å². The molecule has 9 heteroatoms. The van der Waals surface area contributed by atoms with Crippen LogP contribution < -0.4 is 9.62 Å². The van der Waals surface area contributed by atoms with Crippen LogP contribution in [0.15, 0.2) is 36.5 Å². The number of amides is 1. The lowest BCUT2D eigenvalue weighted by Gasteiger charge is -2.17. The number of halogens is 2. The van der Waals surface area contributed by atoms with Crippen molar-refractivity contribution in [3.63, 3.8) is 0 Å². The van der Waals surface area contributed by atoms with Gasteiger partial charge in [0.05, 0.1) is 0 Å². The second-order valence-electron chi connectivity index (χ2n) is 7.41. The van der Waals surface area contributed by atoms with Crippen molar-refractivity contribution in [2.45, 2.75) is 32.7 Å². The van der Waals surface area contributed by atoms with E-state index in [1.54, 1.807) is 12.3 Å². The molecule has 1 aromatic heterocycles. The number of rotatable bonds is 6. The minimum absolute atomic E-state index is 0.0687. The molecule has 0 aliphatic carbocycles. The van der Waals surface area contributed by atoms with E-state index >= 15 is 0 Å². The zero-order valence-corrected chi connectivity index (χ0v) is 17.4. The summed E-state index contributed by atoms with van der Waals surface area (Å²) in [6.45, 7) is 6.05. The lowest BCUT2D eigenvalue weighted by Crippen LogP contribution is -2.23. The SMILES string of the molecule is CN(c1c(F)cc(CNC(=O)C=Cc2ccc(C(C)(C)C)nc2)cc1F)S(=O)O. The highest BCUT2D eigenvalue weighted by atomic mass is 32.2. The topological polar surface area (TPSA) is 82.5 Å². The molecular formula is C20H23F2N3O3S. The highest BCUT2D eigenvalue weighted by Crippen LogP contribution is 2.25. The highest BCUT2D eigenvalue weighted by molar-refractivity contribution is 7.80. The number of benzene rings is 1. The smallest absolute Gasteiger partial charge is 0.261 e. The standard InChI is InChI=1S/C20H23F2N3O3S/c1-20(2,3)17-7-5-13(11-23-17)6-8-18(26)24-12-14-9-15(21)19(16(22)10-14)25(4)29(27)28/h5-11H,12H2,1-4H3,(H,24,26)(H,27,28). The van der Waals surface area contributed by atoms with Gasteiger partial charge in [0.2, 0.25) is 5.91 Å². The molecule has 0 aliphatic heterocycles. The monoisotopic (exact) mass is 423 g/mol. The fourth-order valence-electron chi connectivity index (χ4n) is 2.47. The predicted octanol–water partition coefficient (Wildman–Crippen LogP) is 3.56. The number of pyridine rings is 1. The van der Waals surface area contributed by atoms with Crippen molar-refractivity contribution in [3.05, 3.63) is 65.0 Å². The molecule has 0 bridgehead atoms. The molecule has 156 valence electrons. The number of anilines is 1. The molecule has 1 amide bonds. The van der Waals surface area contributed by atoms with Gasteiger partial charge in [-0.2, -0.15) is 0 Å². The molecule has 29 heavy (non-hydrogen) atoms. The zero-order valence-electron chi connectivity index (χ0n) is 16.6. The van der Waals surface area contributed by atoms with Gasteiger partial charge in [-0.3, -0.25) is 18.6 Å². The molecule has 2 N–H and O–H groups in total. The minimum Gasteiger partial charge on any atom is -0.348 e. The Morgan fingerprint density at radius 2 is 1.90 bits per heavy atom. The van der Waals surface area contributed by atoms with Crippen molar-refractivity contribution in [3.8, 4) is 0 Å². The molecule has 2 rings (SSSR count). The highest BCUT2D eigenvalue weighted by Gasteiger charge is 2.18. The summed E-state index contributed by atoms with van der Waals surface area (Å²) in [5.74, 6) is -2.44. The molecule has 1 aromatic carbocycles. The van der Waals surface area contributed by atoms with E-state index < -0.39 is 34.5 Å². The molecule has 0 spiro atoms. The van der Waals surface area contributed by atoms with Crippen molar-refractivity contribution in [2.24, 2.45) is 0 Å². The Morgan fingerprint density at radius 3 is 2.38 bits per heavy atom. The van der Waals surface area contributed by atoms with Crippen LogP contribution in [0.4, 0.5) is 14.5 Å². The number of carbonyl (C=O) groups excluding carboxylic acids is 1. The summed E-state index contributed by atoms with van der Waals surface area (Å²) >= 11 is -2.56. The van der Waals surface area contributed by atoms with Gasteiger partial charge in [-0.05, 0) is 35.4 Å². The quantitative estimate of drug-likeness (QED) is 0.550. The summed E-state index contributed by atoms with van der Waals surface area (Å²) < 4.78 is 48.7. The van der Waals surface area contributed by atoms with Gasteiger partial charge in [-0.1, -0.05) is 26.8 Å². The van der Waals surface area contributed by atoms with Crippen LogP contribution in [-0.2, 0) is 28.0 Å². The molecule has 0 radical (unpaired) electrons. The molecule has 0 saturated carbocycles. The van der Waals surface area contributed by atoms with Crippen molar-refractivity contribution in [2.75, 3.05) is 11.4 Å². The lowest BCUT2D eigenvalue weighted by molar-refractivity contribution is -0.116. The van der Waals surface area contributed by atoms with Crippen LogP contribution in [0.1, 0.15) is 37.6 Å². The first kappa shape index (κ1) is 22.6.